The van der Waals surface area contributed by atoms with E-state index in [9.17, 15) is 4.79 Å². The first-order chi connectivity index (χ1) is 10.3. The van der Waals surface area contributed by atoms with Crippen molar-refractivity contribution in [2.45, 2.75) is 32.0 Å². The van der Waals surface area contributed by atoms with E-state index >= 15 is 0 Å². The minimum Gasteiger partial charge on any atom is -0.355 e. The van der Waals surface area contributed by atoms with E-state index in [1.807, 2.05) is 30.5 Å². The first-order valence-electron chi connectivity index (χ1n) is 6.99. The zero-order chi connectivity index (χ0) is 15.1. The lowest BCUT2D eigenvalue weighted by atomic mass is 10.2. The predicted molar refractivity (Wildman–Crippen MR) is 83.0 cm³/mol. The van der Waals surface area contributed by atoms with Crippen molar-refractivity contribution in [2.75, 3.05) is 12.3 Å². The molecule has 21 heavy (non-hydrogen) atoms. The number of thioether (sulfide) groups is 1. The first kappa shape index (κ1) is 15.5. The largest absolute Gasteiger partial charge is 0.355 e. The molecule has 0 atom stereocenters. The van der Waals surface area contributed by atoms with Gasteiger partial charge in [0.15, 0.2) is 11.0 Å². The van der Waals surface area contributed by atoms with Crippen molar-refractivity contribution in [3.05, 3.63) is 24.5 Å². The summed E-state index contributed by atoms with van der Waals surface area (Å²) in [5.41, 5.74) is 0.974. The van der Waals surface area contributed by atoms with Gasteiger partial charge in [-0.15, -0.1) is 10.2 Å². The molecule has 0 saturated carbocycles. The highest BCUT2D eigenvalue weighted by Gasteiger charge is 2.14. The summed E-state index contributed by atoms with van der Waals surface area (Å²) < 4.78 is 2.01. The maximum Gasteiger partial charge on any atom is 0.230 e. The zero-order valence-corrected chi connectivity index (χ0v) is 13.1. The standard InChI is InChI=1S/C14H19N5OS/c1-3-7-16-12(20)10-21-14-18-17-13(19(14)4-2)11-5-8-15-9-6-11/h5-6,8-9H,3-4,7,10H2,1-2H3,(H,16,20). The maximum atomic E-state index is 11.7. The second-order valence-corrected chi connectivity index (χ2v) is 5.37. The van der Waals surface area contributed by atoms with Gasteiger partial charge in [0.2, 0.25) is 5.91 Å². The average molecular weight is 305 g/mol. The molecule has 6 nitrogen and oxygen atoms in total. The van der Waals surface area contributed by atoms with Crippen LogP contribution in [0.25, 0.3) is 11.4 Å². The van der Waals surface area contributed by atoms with Crippen LogP contribution in [0.4, 0.5) is 0 Å². The summed E-state index contributed by atoms with van der Waals surface area (Å²) in [6, 6.07) is 3.80. The van der Waals surface area contributed by atoms with Gasteiger partial charge in [-0.2, -0.15) is 0 Å². The fourth-order valence-corrected chi connectivity index (χ4v) is 2.67. The topological polar surface area (TPSA) is 72.7 Å². The fraction of sp³-hybridized carbons (Fsp3) is 0.429. The molecule has 2 heterocycles. The Morgan fingerprint density at radius 2 is 2.05 bits per heavy atom. The molecule has 112 valence electrons. The van der Waals surface area contributed by atoms with E-state index in [4.69, 9.17) is 0 Å². The molecular weight excluding hydrogens is 286 g/mol. The Hall–Kier alpha value is -1.89. The van der Waals surface area contributed by atoms with Crippen LogP contribution in [-0.2, 0) is 11.3 Å². The normalized spacial score (nSPS) is 10.6. The monoisotopic (exact) mass is 305 g/mol. The summed E-state index contributed by atoms with van der Waals surface area (Å²) in [7, 11) is 0. The number of carbonyl (C=O) groups is 1. The van der Waals surface area contributed by atoms with Crippen molar-refractivity contribution in [2.24, 2.45) is 0 Å². The quantitative estimate of drug-likeness (QED) is 0.792. The van der Waals surface area contributed by atoms with Gasteiger partial charge in [0.25, 0.3) is 0 Å². The zero-order valence-electron chi connectivity index (χ0n) is 12.2. The smallest absolute Gasteiger partial charge is 0.230 e. The number of amides is 1. The third-order valence-corrected chi connectivity index (χ3v) is 3.84. The van der Waals surface area contributed by atoms with Crippen LogP contribution >= 0.6 is 11.8 Å². The molecule has 0 aliphatic carbocycles. The van der Waals surface area contributed by atoms with Crippen LogP contribution in [-0.4, -0.2) is 38.0 Å². The van der Waals surface area contributed by atoms with Crippen LogP contribution < -0.4 is 5.32 Å². The van der Waals surface area contributed by atoms with Gasteiger partial charge in [0.05, 0.1) is 5.75 Å². The molecule has 1 amide bonds. The SMILES string of the molecule is CCCNC(=O)CSc1nnc(-c2ccncc2)n1CC. The van der Waals surface area contributed by atoms with Gasteiger partial charge in [0, 0.05) is 31.0 Å². The Balaban J connectivity index is 2.08. The summed E-state index contributed by atoms with van der Waals surface area (Å²) in [4.78, 5) is 15.7. The van der Waals surface area contributed by atoms with Crippen LogP contribution in [0.3, 0.4) is 0 Å². The third kappa shape index (κ3) is 4.04. The Labute approximate surface area is 128 Å². The molecule has 1 N–H and O–H groups in total. The van der Waals surface area contributed by atoms with Crippen molar-refractivity contribution in [1.82, 2.24) is 25.1 Å². The Bertz CT molecular complexity index is 584. The predicted octanol–water partition coefficient (Wildman–Crippen LogP) is 1.98. The summed E-state index contributed by atoms with van der Waals surface area (Å²) in [5.74, 6) is 1.18. The highest BCUT2D eigenvalue weighted by atomic mass is 32.2. The Morgan fingerprint density at radius 1 is 1.29 bits per heavy atom. The fourth-order valence-electron chi connectivity index (χ4n) is 1.84. The molecule has 2 rings (SSSR count). The van der Waals surface area contributed by atoms with Gasteiger partial charge in [0.1, 0.15) is 0 Å². The molecule has 0 bridgehead atoms. The lowest BCUT2D eigenvalue weighted by Crippen LogP contribution is -2.25. The summed E-state index contributed by atoms with van der Waals surface area (Å²) in [5, 5.41) is 12.0. The van der Waals surface area contributed by atoms with Gasteiger partial charge in [-0.3, -0.25) is 9.78 Å². The first-order valence-corrected chi connectivity index (χ1v) is 7.97. The lowest BCUT2D eigenvalue weighted by Gasteiger charge is -2.07. The number of nitrogens with one attached hydrogen (secondary N) is 1. The second-order valence-electron chi connectivity index (χ2n) is 4.42. The molecule has 2 aromatic rings. The molecule has 0 fully saturated rings. The van der Waals surface area contributed by atoms with Crippen LogP contribution in [0.5, 0.6) is 0 Å². The van der Waals surface area contributed by atoms with E-state index in [1.54, 1.807) is 12.4 Å². The van der Waals surface area contributed by atoms with Crippen LogP contribution in [0.2, 0.25) is 0 Å². The minimum atomic E-state index is 0.0259. The average Bonchev–Trinajstić information content (AvgIpc) is 2.94. The number of rotatable bonds is 7. The number of carbonyl (C=O) groups excluding carboxylic acids is 1. The van der Waals surface area contributed by atoms with E-state index < -0.39 is 0 Å². The Morgan fingerprint density at radius 3 is 2.71 bits per heavy atom. The summed E-state index contributed by atoms with van der Waals surface area (Å²) >= 11 is 1.41. The van der Waals surface area contributed by atoms with E-state index in [0.29, 0.717) is 12.3 Å². The van der Waals surface area contributed by atoms with E-state index in [2.05, 4.69) is 20.5 Å². The van der Waals surface area contributed by atoms with Crippen molar-refractivity contribution in [3.8, 4) is 11.4 Å². The summed E-state index contributed by atoms with van der Waals surface area (Å²) in [6.45, 7) is 5.53. The molecule has 0 unspecified atom stereocenters. The highest BCUT2D eigenvalue weighted by molar-refractivity contribution is 7.99. The molecule has 0 saturated heterocycles. The number of aromatic nitrogens is 4. The number of nitrogens with zero attached hydrogens (tertiary/aromatic N) is 4. The van der Waals surface area contributed by atoms with Crippen molar-refractivity contribution < 1.29 is 4.79 Å². The van der Waals surface area contributed by atoms with Crippen LogP contribution in [0.1, 0.15) is 20.3 Å². The molecule has 0 aliphatic rings. The molecule has 2 aromatic heterocycles. The van der Waals surface area contributed by atoms with Gasteiger partial charge < -0.3 is 9.88 Å². The van der Waals surface area contributed by atoms with Crippen LogP contribution in [0.15, 0.2) is 29.7 Å². The van der Waals surface area contributed by atoms with Gasteiger partial charge in [-0.1, -0.05) is 18.7 Å². The molecule has 0 aromatic carbocycles. The molecule has 0 radical (unpaired) electrons. The molecule has 0 spiro atoms. The highest BCUT2D eigenvalue weighted by Crippen LogP contribution is 2.23. The van der Waals surface area contributed by atoms with Crippen molar-refractivity contribution in [1.29, 1.82) is 0 Å². The molecule has 7 heteroatoms. The summed E-state index contributed by atoms with van der Waals surface area (Å²) in [6.07, 6.45) is 4.40. The second kappa shape index (κ2) is 7.78. The van der Waals surface area contributed by atoms with Crippen molar-refractivity contribution in [3.63, 3.8) is 0 Å². The molecular formula is C14H19N5OS. The number of pyridine rings is 1. The van der Waals surface area contributed by atoms with Gasteiger partial charge in [-0.05, 0) is 25.5 Å². The number of hydrogen-bond donors (Lipinski definition) is 1. The van der Waals surface area contributed by atoms with E-state index in [-0.39, 0.29) is 5.91 Å². The van der Waals surface area contributed by atoms with Crippen molar-refractivity contribution >= 4 is 17.7 Å². The minimum absolute atomic E-state index is 0.0259. The Kier molecular flexibility index (Phi) is 5.74. The molecule has 0 aliphatic heterocycles. The third-order valence-electron chi connectivity index (χ3n) is 2.88. The number of hydrogen-bond acceptors (Lipinski definition) is 5. The van der Waals surface area contributed by atoms with E-state index in [1.165, 1.54) is 11.8 Å². The maximum absolute atomic E-state index is 11.7. The van der Waals surface area contributed by atoms with E-state index in [0.717, 1.165) is 29.5 Å². The van der Waals surface area contributed by atoms with Gasteiger partial charge >= 0.3 is 0 Å². The van der Waals surface area contributed by atoms with Crippen LogP contribution in [0, 0.1) is 0 Å². The lowest BCUT2D eigenvalue weighted by molar-refractivity contribution is -0.118. The van der Waals surface area contributed by atoms with Gasteiger partial charge in [-0.25, -0.2) is 0 Å².